The molecule has 2 atom stereocenters. The summed E-state index contributed by atoms with van der Waals surface area (Å²) in [5, 5.41) is 18.4. The van der Waals surface area contributed by atoms with Crippen LogP contribution in [0.25, 0.3) is 12.2 Å². The normalized spacial score (nSPS) is 15.9. The van der Waals surface area contributed by atoms with Gasteiger partial charge in [-0.15, -0.1) is 0 Å². The van der Waals surface area contributed by atoms with Gasteiger partial charge in [0.15, 0.2) is 0 Å². The number of phenols is 2. The van der Waals surface area contributed by atoms with Crippen molar-refractivity contribution in [3.05, 3.63) is 201 Å². The summed E-state index contributed by atoms with van der Waals surface area (Å²) in [6.07, 6.45) is 4.93. The molecule has 2 unspecified atom stereocenters. The van der Waals surface area contributed by atoms with E-state index in [4.69, 9.17) is 0 Å². The molecular weight excluding hydrogens is 728 g/mol. The zero-order chi connectivity index (χ0) is 37.1. The van der Waals surface area contributed by atoms with Crippen LogP contribution in [0, 0.1) is 27.7 Å². The van der Waals surface area contributed by atoms with Crippen LogP contribution in [0.2, 0.25) is 0 Å². The second-order valence-corrected chi connectivity index (χ2v) is 37.5. The average molecular weight is 778 g/mol. The first kappa shape index (κ1) is 37.3. The maximum absolute atomic E-state index is 9.21. The third kappa shape index (κ3) is 6.53. The fraction of sp³-hybridized carbons (Fsp3) is 0.167. The number of hydrogen-bond donors (Lipinski definition) is 2. The minimum atomic E-state index is -4.28. The first-order valence-electron chi connectivity index (χ1n) is 18.2. The number of aryl methyl sites for hydroxylation is 4. The molecule has 0 saturated carbocycles. The Morgan fingerprint density at radius 1 is 0.404 bits per heavy atom. The van der Waals surface area contributed by atoms with Gasteiger partial charge in [-0.3, -0.25) is 0 Å². The van der Waals surface area contributed by atoms with E-state index in [1.165, 1.54) is 33.4 Å². The molecule has 0 aromatic heterocycles. The molecule has 0 amide bonds. The van der Waals surface area contributed by atoms with Gasteiger partial charge in [0.25, 0.3) is 0 Å². The van der Waals surface area contributed by atoms with Gasteiger partial charge in [-0.25, -0.2) is 0 Å². The summed E-state index contributed by atoms with van der Waals surface area (Å²) in [7, 11) is 0. The molecule has 0 bridgehead atoms. The van der Waals surface area contributed by atoms with Gasteiger partial charge in [0, 0.05) is 0 Å². The van der Waals surface area contributed by atoms with E-state index in [0.717, 1.165) is 22.3 Å². The molecule has 0 saturated heterocycles. The van der Waals surface area contributed by atoms with E-state index in [-0.39, 0.29) is 0 Å². The van der Waals surface area contributed by atoms with E-state index in [9.17, 15) is 10.2 Å². The smallest absolute Gasteiger partial charge is 0.121 e. The van der Waals surface area contributed by atoms with E-state index < -0.39 is 17.4 Å². The standard InChI is InChI=1S/2C10H9.2C8H10O.2C6H5.H2Si.Zr/c2*1-8-6-9-4-2-3-5-10(9)7-8;2*1-6-4-3-5-7(2)8(6)9;2*1-2-4-6-5-3-1;;/h2*2-7H,1H3;2*3-5,9H,1-2H3;2*1-5H;1H2;. The zero-order valence-corrected chi connectivity index (χ0v) is 35.1. The van der Waals surface area contributed by atoms with Crippen molar-refractivity contribution < 1.29 is 27.6 Å². The maximum Gasteiger partial charge on any atom is 0.121 e. The molecule has 0 fully saturated rings. The van der Waals surface area contributed by atoms with Gasteiger partial charge in [-0.05, 0) is 49.9 Å². The Morgan fingerprint density at radius 2 is 0.712 bits per heavy atom. The van der Waals surface area contributed by atoms with Crippen molar-refractivity contribution in [2.24, 2.45) is 0 Å². The van der Waals surface area contributed by atoms with Crippen LogP contribution in [0.4, 0.5) is 0 Å². The predicted molar refractivity (Wildman–Crippen MR) is 222 cm³/mol. The second kappa shape index (κ2) is 15.2. The van der Waals surface area contributed by atoms with Crippen LogP contribution in [0.15, 0.2) is 157 Å². The molecule has 0 heterocycles. The van der Waals surface area contributed by atoms with Crippen LogP contribution >= 0.6 is 0 Å². The number of benzene rings is 6. The van der Waals surface area contributed by atoms with Crippen LogP contribution in [-0.2, 0) is 17.4 Å². The summed E-state index contributed by atoms with van der Waals surface area (Å²) in [5.41, 5.74) is 12.6. The molecule has 2 nitrogen and oxygen atoms in total. The van der Waals surface area contributed by atoms with Gasteiger partial charge in [0.05, 0.1) is 0 Å². The van der Waals surface area contributed by atoms with Gasteiger partial charge >= 0.3 is 207 Å². The van der Waals surface area contributed by atoms with E-state index in [2.05, 4.69) is 142 Å². The molecule has 2 aliphatic carbocycles. The predicted octanol–water partition coefficient (Wildman–Crippen LogP) is 10.2. The first-order valence-corrected chi connectivity index (χ1v) is 29.4. The number of para-hydroxylation sites is 2. The molecule has 2 N–H and O–H groups in total. The Kier molecular flexibility index (Phi) is 10.9. The summed E-state index contributed by atoms with van der Waals surface area (Å²) in [6.45, 7) is 14.8. The summed E-state index contributed by atoms with van der Waals surface area (Å²) in [6, 6.07) is 52.9. The molecule has 0 radical (unpaired) electrons. The van der Waals surface area contributed by atoms with Gasteiger partial charge in [0.1, 0.15) is 11.5 Å². The molecule has 6 aromatic rings. The minimum absolute atomic E-state index is 0.414. The molecule has 8 rings (SSSR count). The number of rotatable bonds is 4. The molecule has 6 aromatic carbocycles. The largest absolute Gasteiger partial charge is 0.507 e. The van der Waals surface area contributed by atoms with E-state index in [1.807, 2.05) is 64.1 Å². The maximum atomic E-state index is 9.21. The van der Waals surface area contributed by atoms with Gasteiger partial charge in [-0.1, -0.05) is 36.4 Å². The number of phenolic OH excluding ortho intramolecular Hbond substituents is 2. The van der Waals surface area contributed by atoms with Crippen LogP contribution in [-0.4, -0.2) is 17.1 Å². The minimum Gasteiger partial charge on any atom is -0.507 e. The Hall–Kier alpha value is -4.50. The SMILES string of the molecule is CC1=Cc2ccccc2[CH]1[Zr](=[SiH2])([c]1ccccc1)([c]1ccccc1)[CH]1C(C)=Cc2ccccc21.Cc1cccc(C)c1O.Cc1cccc(C)c1O. The van der Waals surface area contributed by atoms with Crippen molar-refractivity contribution in [1.82, 2.24) is 0 Å². The van der Waals surface area contributed by atoms with Crippen LogP contribution in [0.3, 0.4) is 0 Å². The summed E-state index contributed by atoms with van der Waals surface area (Å²) < 4.78 is 4.00. The summed E-state index contributed by atoms with van der Waals surface area (Å²) in [4.78, 5) is 0. The van der Waals surface area contributed by atoms with Gasteiger partial charge in [-0.2, -0.15) is 0 Å². The van der Waals surface area contributed by atoms with Gasteiger partial charge < -0.3 is 10.2 Å². The molecule has 0 aliphatic heterocycles. The Morgan fingerprint density at radius 3 is 1.04 bits per heavy atom. The van der Waals surface area contributed by atoms with Crippen LogP contribution in [0.5, 0.6) is 11.5 Å². The van der Waals surface area contributed by atoms with Crippen LogP contribution in [0.1, 0.15) is 65.6 Å². The van der Waals surface area contributed by atoms with Crippen molar-refractivity contribution in [2.45, 2.75) is 48.8 Å². The molecule has 4 heteroatoms. The summed E-state index contributed by atoms with van der Waals surface area (Å²) in [5.74, 6) is 0.829. The number of hydrogen-bond acceptors (Lipinski definition) is 2. The quantitative estimate of drug-likeness (QED) is 0.175. The van der Waals surface area contributed by atoms with E-state index in [1.54, 1.807) is 6.54 Å². The van der Waals surface area contributed by atoms with E-state index >= 15 is 0 Å². The fourth-order valence-corrected chi connectivity index (χ4v) is 38.2. The number of allylic oxidation sites excluding steroid dienone is 2. The number of aromatic hydroxyl groups is 2. The summed E-state index contributed by atoms with van der Waals surface area (Å²) >= 11 is -4.28. The third-order valence-corrected chi connectivity index (χ3v) is 39.7. The molecule has 52 heavy (non-hydrogen) atoms. The van der Waals surface area contributed by atoms with Crippen molar-refractivity contribution >= 4 is 25.6 Å². The number of fused-ring (bicyclic) bond motifs is 2. The van der Waals surface area contributed by atoms with Gasteiger partial charge in [0.2, 0.25) is 0 Å². The van der Waals surface area contributed by atoms with E-state index in [0.29, 0.717) is 18.8 Å². The topological polar surface area (TPSA) is 40.5 Å². The average Bonchev–Trinajstić information content (AvgIpc) is 3.70. The monoisotopic (exact) mass is 776 g/mol. The molecule has 2 aliphatic rings. The Balaban J connectivity index is 0.000000211. The van der Waals surface area contributed by atoms with Crippen LogP contribution < -0.4 is 6.54 Å². The Bertz CT molecular complexity index is 2150. The molecule has 0 spiro atoms. The molecule has 262 valence electrons. The third-order valence-electron chi connectivity index (χ3n) is 11.4. The van der Waals surface area contributed by atoms with Crippen molar-refractivity contribution in [2.75, 3.05) is 0 Å². The van der Waals surface area contributed by atoms with Crippen molar-refractivity contribution in [3.63, 3.8) is 0 Å². The van der Waals surface area contributed by atoms with Crippen molar-refractivity contribution in [3.8, 4) is 11.5 Å². The van der Waals surface area contributed by atoms with Crippen molar-refractivity contribution in [1.29, 1.82) is 0 Å². The second-order valence-electron chi connectivity index (χ2n) is 14.7. The Labute approximate surface area is 312 Å². The first-order chi connectivity index (χ1) is 25.0. The zero-order valence-electron chi connectivity index (χ0n) is 31.3. The molecular formula is C48H50O2SiZr. The fourth-order valence-electron chi connectivity index (χ4n) is 8.98.